The minimum absolute atomic E-state index is 0.412. The molecule has 0 unspecified atom stereocenters. The van der Waals surface area contributed by atoms with Gasteiger partial charge in [-0.1, -0.05) is 11.8 Å². The molecular weight excluding hydrogens is 337 g/mol. The largest absolute Gasteiger partial charge is 0.374 e. The van der Waals surface area contributed by atoms with Crippen molar-refractivity contribution in [1.82, 2.24) is 9.97 Å². The molecule has 1 aromatic rings. The molecule has 6 heteroatoms. The molecule has 0 aliphatic carbocycles. The zero-order valence-electron chi connectivity index (χ0n) is 8.89. The van der Waals surface area contributed by atoms with E-state index in [1.165, 1.54) is 0 Å². The van der Waals surface area contributed by atoms with E-state index in [2.05, 4.69) is 43.5 Å². The molecule has 2 saturated heterocycles. The van der Waals surface area contributed by atoms with Crippen molar-refractivity contribution in [2.24, 2.45) is 0 Å². The van der Waals surface area contributed by atoms with Crippen LogP contribution in [0.4, 0.5) is 5.82 Å². The summed E-state index contributed by atoms with van der Waals surface area (Å²) >= 11 is 3.84. The first-order chi connectivity index (χ1) is 7.76. The van der Waals surface area contributed by atoms with Crippen LogP contribution in [0.25, 0.3) is 0 Å². The third-order valence-corrected chi connectivity index (χ3v) is 4.14. The zero-order chi connectivity index (χ0) is 11.1. The third-order valence-electron chi connectivity index (χ3n) is 3.04. The Bertz CT molecular complexity index is 417. The fourth-order valence-corrected chi connectivity index (χ4v) is 3.35. The van der Waals surface area contributed by atoms with Gasteiger partial charge in [0.05, 0.1) is 18.8 Å². The number of morpholine rings is 1. The quantitative estimate of drug-likeness (QED) is 0.352. The lowest BCUT2D eigenvalue weighted by atomic mass is 10.2. The Labute approximate surface area is 112 Å². The Kier molecular flexibility index (Phi) is 2.97. The molecule has 2 aliphatic heterocycles. The molecule has 2 bridgehead atoms. The van der Waals surface area contributed by atoms with Crippen LogP contribution >= 0.6 is 34.4 Å². The average molecular weight is 349 g/mol. The minimum atomic E-state index is 0.412. The van der Waals surface area contributed by atoms with Crippen molar-refractivity contribution in [3.63, 3.8) is 0 Å². The van der Waals surface area contributed by atoms with Gasteiger partial charge in [-0.05, 0) is 35.3 Å². The van der Waals surface area contributed by atoms with E-state index in [-0.39, 0.29) is 0 Å². The van der Waals surface area contributed by atoms with Crippen molar-refractivity contribution >= 4 is 40.2 Å². The molecule has 3 rings (SSSR count). The first-order valence-corrected chi connectivity index (χ1v) is 7.53. The summed E-state index contributed by atoms with van der Waals surface area (Å²) in [5, 5.41) is 0.852. The summed E-state index contributed by atoms with van der Waals surface area (Å²) in [6, 6.07) is 2.58. The number of nitrogens with zero attached hydrogens (tertiary/aromatic N) is 3. The Morgan fingerprint density at radius 1 is 1.56 bits per heavy atom. The predicted octanol–water partition coefficient (Wildman–Crippen LogP) is 1.78. The van der Waals surface area contributed by atoms with Crippen LogP contribution in [0.15, 0.2) is 11.2 Å². The van der Waals surface area contributed by atoms with E-state index >= 15 is 0 Å². The van der Waals surface area contributed by atoms with Gasteiger partial charge in [-0.25, -0.2) is 9.97 Å². The number of thioether (sulfide) groups is 1. The van der Waals surface area contributed by atoms with E-state index in [1.54, 1.807) is 11.8 Å². The topological polar surface area (TPSA) is 38.2 Å². The maximum absolute atomic E-state index is 5.60. The second-order valence-electron chi connectivity index (χ2n) is 4.03. The van der Waals surface area contributed by atoms with E-state index in [0.717, 1.165) is 34.2 Å². The second-order valence-corrected chi connectivity index (χ2v) is 5.91. The van der Waals surface area contributed by atoms with Crippen molar-refractivity contribution in [2.45, 2.75) is 23.7 Å². The summed E-state index contributed by atoms with van der Waals surface area (Å²) in [7, 11) is 0. The van der Waals surface area contributed by atoms with Crippen LogP contribution in [0, 0.1) is 3.70 Å². The lowest BCUT2D eigenvalue weighted by molar-refractivity contribution is 0.0988. The number of halogens is 1. The summed E-state index contributed by atoms with van der Waals surface area (Å²) in [5.41, 5.74) is 0. The molecule has 2 aliphatic rings. The van der Waals surface area contributed by atoms with E-state index < -0.39 is 0 Å². The lowest BCUT2D eigenvalue weighted by Crippen LogP contribution is -2.37. The molecule has 0 saturated carbocycles. The summed E-state index contributed by atoms with van der Waals surface area (Å²) in [5.74, 6) is 1.06. The summed E-state index contributed by atoms with van der Waals surface area (Å²) in [6.45, 7) is 1.82. The number of hydrogen-bond donors (Lipinski definition) is 0. The molecule has 2 atom stereocenters. The Morgan fingerprint density at radius 3 is 3.06 bits per heavy atom. The lowest BCUT2D eigenvalue weighted by Gasteiger charge is -2.28. The molecule has 2 fully saturated rings. The maximum Gasteiger partial charge on any atom is 0.190 e. The molecule has 0 radical (unpaired) electrons. The van der Waals surface area contributed by atoms with Crippen LogP contribution in [0.5, 0.6) is 0 Å². The van der Waals surface area contributed by atoms with Gasteiger partial charge in [0.15, 0.2) is 5.16 Å². The second kappa shape index (κ2) is 4.30. The smallest absolute Gasteiger partial charge is 0.190 e. The van der Waals surface area contributed by atoms with Crippen LogP contribution in [0.1, 0.15) is 6.42 Å². The fourth-order valence-electron chi connectivity index (χ4n) is 2.30. The molecule has 0 spiro atoms. The fraction of sp³-hybridized carbons (Fsp3) is 0.600. The third kappa shape index (κ3) is 1.91. The first kappa shape index (κ1) is 11.0. The normalized spacial score (nSPS) is 27.8. The maximum atomic E-state index is 5.60. The highest BCUT2D eigenvalue weighted by molar-refractivity contribution is 14.1. The van der Waals surface area contributed by atoms with Crippen molar-refractivity contribution in [1.29, 1.82) is 0 Å². The summed E-state index contributed by atoms with van der Waals surface area (Å²) < 4.78 is 6.61. The number of ether oxygens (including phenoxy) is 1. The monoisotopic (exact) mass is 349 g/mol. The molecular formula is C10H12IN3OS. The molecule has 0 aromatic carbocycles. The van der Waals surface area contributed by atoms with Gasteiger partial charge in [0.1, 0.15) is 9.52 Å². The van der Waals surface area contributed by atoms with E-state index in [1.807, 2.05) is 6.26 Å². The van der Waals surface area contributed by atoms with E-state index in [0.29, 0.717) is 12.1 Å². The number of anilines is 1. The number of hydrogen-bond acceptors (Lipinski definition) is 5. The first-order valence-electron chi connectivity index (χ1n) is 5.23. The van der Waals surface area contributed by atoms with Gasteiger partial charge in [-0.15, -0.1) is 0 Å². The van der Waals surface area contributed by atoms with Gasteiger partial charge < -0.3 is 9.64 Å². The Morgan fingerprint density at radius 2 is 2.44 bits per heavy atom. The van der Waals surface area contributed by atoms with Crippen LogP contribution in [0.2, 0.25) is 0 Å². The van der Waals surface area contributed by atoms with Gasteiger partial charge in [-0.3, -0.25) is 0 Å². The van der Waals surface area contributed by atoms with Crippen LogP contribution in [-0.2, 0) is 4.74 Å². The summed E-state index contributed by atoms with van der Waals surface area (Å²) in [6.07, 6.45) is 3.57. The number of fused-ring (bicyclic) bond motifs is 2. The van der Waals surface area contributed by atoms with Gasteiger partial charge in [-0.2, -0.15) is 0 Å². The average Bonchev–Trinajstić information content (AvgIpc) is 2.89. The van der Waals surface area contributed by atoms with Crippen LogP contribution < -0.4 is 4.90 Å². The van der Waals surface area contributed by atoms with Crippen LogP contribution in [0.3, 0.4) is 0 Å². The molecule has 3 heterocycles. The summed E-state index contributed by atoms with van der Waals surface area (Å²) in [4.78, 5) is 11.3. The zero-order valence-corrected chi connectivity index (χ0v) is 11.9. The molecule has 16 heavy (non-hydrogen) atoms. The number of rotatable bonds is 2. The van der Waals surface area contributed by atoms with Crippen molar-refractivity contribution in [3.8, 4) is 0 Å². The molecule has 1 aromatic heterocycles. The van der Waals surface area contributed by atoms with E-state index in [9.17, 15) is 0 Å². The molecule has 0 N–H and O–H groups in total. The van der Waals surface area contributed by atoms with Gasteiger partial charge >= 0.3 is 0 Å². The molecule has 4 nitrogen and oxygen atoms in total. The SMILES string of the molecule is CSc1nc(I)cc(N2C[C@H]3C[C@@H]2CO3)n1. The van der Waals surface area contributed by atoms with Gasteiger partial charge in [0.25, 0.3) is 0 Å². The highest BCUT2D eigenvalue weighted by Crippen LogP contribution is 2.32. The standard InChI is InChI=1S/C10H12IN3OS/c1-16-10-12-8(11)3-9(13-10)14-4-7-2-6(14)5-15-7/h3,6-7H,2,4-5H2,1H3/t6-,7-/m1/s1. The van der Waals surface area contributed by atoms with Gasteiger partial charge in [0, 0.05) is 12.6 Å². The van der Waals surface area contributed by atoms with Crippen LogP contribution in [-0.4, -0.2) is 41.5 Å². The van der Waals surface area contributed by atoms with Crippen molar-refractivity contribution in [2.75, 3.05) is 24.3 Å². The minimum Gasteiger partial charge on any atom is -0.374 e. The molecule has 0 amide bonds. The van der Waals surface area contributed by atoms with E-state index in [4.69, 9.17) is 4.74 Å². The highest BCUT2D eigenvalue weighted by Gasteiger charge is 2.39. The molecule has 86 valence electrons. The van der Waals surface area contributed by atoms with Gasteiger partial charge in [0.2, 0.25) is 0 Å². The Hall–Kier alpha value is -0.0800. The Balaban J connectivity index is 1.91. The highest BCUT2D eigenvalue weighted by atomic mass is 127. The van der Waals surface area contributed by atoms with Crippen molar-refractivity contribution in [3.05, 3.63) is 9.77 Å². The van der Waals surface area contributed by atoms with Crippen molar-refractivity contribution < 1.29 is 4.74 Å². The number of aromatic nitrogens is 2. The predicted molar refractivity (Wildman–Crippen MR) is 72.0 cm³/mol.